The van der Waals surface area contributed by atoms with Crippen LogP contribution >= 0.6 is 0 Å². The van der Waals surface area contributed by atoms with Crippen LogP contribution < -0.4 is 67.3 Å². The zero-order valence-corrected chi connectivity index (χ0v) is 15.9. The van der Waals surface area contributed by atoms with Crippen LogP contribution in [0.15, 0.2) is 0 Å². The summed E-state index contributed by atoms with van der Waals surface area (Å²) in [5.41, 5.74) is 4.77. The zero-order valence-electron chi connectivity index (χ0n) is 12.7. The molecule has 0 aromatic carbocycles. The molecule has 9 nitrogen and oxygen atoms in total. The third-order valence-electron chi connectivity index (χ3n) is 1.86. The molecule has 0 saturated heterocycles. The van der Waals surface area contributed by atoms with Crippen LogP contribution in [-0.4, -0.2) is 72.4 Å². The standard InChI is InChI=1S/C7H15NO3.C4H7NO4.K/c1-8(2,3)5-6(9)4-7(10)11;5-2(4(8)9)1-3(6)7;/h6,9H,4-5H2,1-3H3;2H,1,5H2,(H,6,7)(H,8,9);/q;;+1/p-1/t;2-;/m.0./s1. The minimum Gasteiger partial charge on any atom is -0.550 e. The fourth-order valence-corrected chi connectivity index (χ4v) is 1.16. The average molecular weight is 332 g/mol. The summed E-state index contributed by atoms with van der Waals surface area (Å²) < 4.78 is 0.550. The monoisotopic (exact) mass is 332 g/mol. The molecular weight excluding hydrogens is 311 g/mol. The maximum Gasteiger partial charge on any atom is 1.00 e. The summed E-state index contributed by atoms with van der Waals surface area (Å²) in [6, 6.07) is -1.40. The molecule has 0 spiro atoms. The second kappa shape index (κ2) is 12.5. The van der Waals surface area contributed by atoms with Crippen LogP contribution in [-0.2, 0) is 14.4 Å². The fourth-order valence-electron chi connectivity index (χ4n) is 1.16. The third-order valence-corrected chi connectivity index (χ3v) is 1.86. The van der Waals surface area contributed by atoms with Crippen LogP contribution in [0.3, 0.4) is 0 Å². The zero-order chi connectivity index (χ0) is 16.5. The molecule has 1 unspecified atom stereocenters. The van der Waals surface area contributed by atoms with E-state index in [1.807, 2.05) is 21.1 Å². The largest absolute Gasteiger partial charge is 1.00 e. The van der Waals surface area contributed by atoms with Gasteiger partial charge in [0.15, 0.2) is 0 Å². The van der Waals surface area contributed by atoms with Gasteiger partial charge in [-0.2, -0.15) is 0 Å². The number of carbonyl (C=O) groups excluding carboxylic acids is 2. The van der Waals surface area contributed by atoms with Crippen molar-refractivity contribution >= 4 is 17.9 Å². The second-order valence-electron chi connectivity index (χ2n) is 5.23. The molecular formula is C11H21KN2O7. The van der Waals surface area contributed by atoms with Crippen LogP contribution in [0.4, 0.5) is 0 Å². The van der Waals surface area contributed by atoms with Gasteiger partial charge in [0, 0.05) is 12.4 Å². The number of hydrogen-bond donors (Lipinski definition) is 3. The summed E-state index contributed by atoms with van der Waals surface area (Å²) >= 11 is 0. The van der Waals surface area contributed by atoms with E-state index in [1.165, 1.54) is 0 Å². The molecule has 0 radical (unpaired) electrons. The summed E-state index contributed by atoms with van der Waals surface area (Å²) in [4.78, 5) is 29.5. The molecule has 10 heteroatoms. The maximum absolute atomic E-state index is 10.0. The van der Waals surface area contributed by atoms with Crippen LogP contribution in [0.5, 0.6) is 0 Å². The van der Waals surface area contributed by atoms with Crippen molar-refractivity contribution in [3.05, 3.63) is 0 Å². The topological polar surface area (TPSA) is 164 Å². The number of likely N-dealkylation sites (N-methyl/N-ethyl adjacent to an activating group) is 1. The molecule has 0 rings (SSSR count). The van der Waals surface area contributed by atoms with Gasteiger partial charge in [-0.3, -0.25) is 4.79 Å². The SMILES string of the molecule is C[N+](C)(C)CC(O)CC(=O)[O-].N[C@@H](CC(=O)O)C(=O)[O-].[K+]. The molecule has 0 bridgehead atoms. The minimum absolute atomic E-state index is 0. The first-order valence-electron chi connectivity index (χ1n) is 5.71. The van der Waals surface area contributed by atoms with Gasteiger partial charge in [-0.1, -0.05) is 0 Å². The van der Waals surface area contributed by atoms with Crippen LogP contribution in [0, 0.1) is 0 Å². The van der Waals surface area contributed by atoms with Crippen molar-refractivity contribution in [2.24, 2.45) is 5.73 Å². The van der Waals surface area contributed by atoms with Crippen LogP contribution in [0.25, 0.3) is 0 Å². The summed E-state index contributed by atoms with van der Waals surface area (Å²) in [7, 11) is 5.66. The molecule has 0 aromatic rings. The van der Waals surface area contributed by atoms with Crippen molar-refractivity contribution in [1.82, 2.24) is 0 Å². The van der Waals surface area contributed by atoms with Gasteiger partial charge in [0.2, 0.25) is 0 Å². The molecule has 118 valence electrons. The van der Waals surface area contributed by atoms with Crippen molar-refractivity contribution in [1.29, 1.82) is 0 Å². The molecule has 0 aromatic heterocycles. The smallest absolute Gasteiger partial charge is 0.550 e. The number of carboxylic acids is 3. The van der Waals surface area contributed by atoms with E-state index in [2.05, 4.69) is 0 Å². The molecule has 4 N–H and O–H groups in total. The van der Waals surface area contributed by atoms with Crippen molar-refractivity contribution in [2.75, 3.05) is 27.7 Å². The van der Waals surface area contributed by atoms with Gasteiger partial charge < -0.3 is 40.2 Å². The van der Waals surface area contributed by atoms with E-state index in [9.17, 15) is 24.6 Å². The van der Waals surface area contributed by atoms with E-state index in [-0.39, 0.29) is 57.8 Å². The van der Waals surface area contributed by atoms with Gasteiger partial charge in [-0.05, 0) is 0 Å². The molecule has 0 amide bonds. The Labute approximate surface area is 165 Å². The first-order valence-corrected chi connectivity index (χ1v) is 5.71. The quantitative estimate of drug-likeness (QED) is 0.306. The summed E-state index contributed by atoms with van der Waals surface area (Å²) in [6.45, 7) is 0.425. The molecule has 0 saturated carbocycles. The van der Waals surface area contributed by atoms with E-state index >= 15 is 0 Å². The Morgan fingerprint density at radius 2 is 1.57 bits per heavy atom. The minimum atomic E-state index is -1.54. The number of carbonyl (C=O) groups is 3. The van der Waals surface area contributed by atoms with Crippen molar-refractivity contribution < 1.29 is 90.7 Å². The third kappa shape index (κ3) is 22.4. The molecule has 0 aliphatic rings. The number of carboxylic acid groups (broad SMARTS) is 3. The van der Waals surface area contributed by atoms with Gasteiger partial charge >= 0.3 is 57.4 Å². The predicted molar refractivity (Wildman–Crippen MR) is 63.8 cm³/mol. The van der Waals surface area contributed by atoms with Gasteiger partial charge in [0.05, 0.1) is 39.6 Å². The number of aliphatic carboxylic acids is 3. The Morgan fingerprint density at radius 1 is 1.14 bits per heavy atom. The molecule has 0 aliphatic heterocycles. The van der Waals surface area contributed by atoms with E-state index in [0.717, 1.165) is 0 Å². The number of rotatable bonds is 7. The van der Waals surface area contributed by atoms with Crippen molar-refractivity contribution in [3.8, 4) is 0 Å². The molecule has 21 heavy (non-hydrogen) atoms. The van der Waals surface area contributed by atoms with E-state index < -0.39 is 36.5 Å². The number of nitrogens with two attached hydrogens (primary N) is 1. The first-order chi connectivity index (χ1) is 8.85. The number of aliphatic hydroxyl groups is 1. The summed E-state index contributed by atoms with van der Waals surface area (Å²) in [6.07, 6.45) is -1.68. The van der Waals surface area contributed by atoms with Crippen molar-refractivity contribution in [2.45, 2.75) is 25.0 Å². The van der Waals surface area contributed by atoms with Crippen LogP contribution in [0.1, 0.15) is 12.8 Å². The Morgan fingerprint density at radius 3 is 1.76 bits per heavy atom. The number of quaternary nitrogens is 1. The Kier molecular flexibility index (Phi) is 15.4. The molecule has 0 aliphatic carbocycles. The van der Waals surface area contributed by atoms with Crippen molar-refractivity contribution in [3.63, 3.8) is 0 Å². The normalized spacial score (nSPS) is 13.0. The predicted octanol–water partition coefficient (Wildman–Crippen LogP) is -7.26. The van der Waals surface area contributed by atoms with Gasteiger partial charge in [0.25, 0.3) is 0 Å². The number of aliphatic hydroxyl groups excluding tert-OH is 1. The van der Waals surface area contributed by atoms with Gasteiger partial charge in [-0.25, -0.2) is 0 Å². The average Bonchev–Trinajstić information content (AvgIpc) is 2.12. The first kappa shape index (κ1) is 25.9. The van der Waals surface area contributed by atoms with E-state index in [1.54, 1.807) is 0 Å². The van der Waals surface area contributed by atoms with Gasteiger partial charge in [0.1, 0.15) is 12.6 Å². The van der Waals surface area contributed by atoms with Crippen LogP contribution in [0.2, 0.25) is 0 Å². The summed E-state index contributed by atoms with van der Waals surface area (Å²) in [5.74, 6) is -3.99. The Hall–Kier alpha value is -0.0736. The number of nitrogens with zero attached hydrogens (tertiary/aromatic N) is 1. The molecule has 2 atom stereocenters. The Balaban J connectivity index is -0.000000300. The molecule has 0 fully saturated rings. The fraction of sp³-hybridized carbons (Fsp3) is 0.727. The van der Waals surface area contributed by atoms with Gasteiger partial charge in [-0.15, -0.1) is 0 Å². The van der Waals surface area contributed by atoms with E-state index in [0.29, 0.717) is 11.0 Å². The van der Waals surface area contributed by atoms with E-state index in [4.69, 9.17) is 15.9 Å². The summed E-state index contributed by atoms with van der Waals surface area (Å²) in [5, 5.41) is 36.8. The maximum atomic E-state index is 10.0. The Bertz CT molecular complexity index is 344. The molecule has 0 heterocycles. The number of hydrogen-bond acceptors (Lipinski definition) is 7. The second-order valence-corrected chi connectivity index (χ2v) is 5.23.